The van der Waals surface area contributed by atoms with Gasteiger partial charge in [0.15, 0.2) is 0 Å². The molecule has 2 aliphatic heterocycles. The summed E-state index contributed by atoms with van der Waals surface area (Å²) in [6.07, 6.45) is 1.08. The van der Waals surface area contributed by atoms with Gasteiger partial charge in [0, 0.05) is 34.9 Å². The number of ether oxygens (including phenoxy) is 1. The van der Waals surface area contributed by atoms with E-state index < -0.39 is 10.0 Å². The van der Waals surface area contributed by atoms with Crippen molar-refractivity contribution in [3.63, 3.8) is 0 Å². The first-order chi connectivity index (χ1) is 10.8. The molecule has 130 valence electrons. The summed E-state index contributed by atoms with van der Waals surface area (Å²) >= 11 is 1.53. The molecule has 7 heteroatoms. The van der Waals surface area contributed by atoms with Crippen LogP contribution < -0.4 is 4.72 Å². The molecular formula is C16H26N2O3S2. The summed E-state index contributed by atoms with van der Waals surface area (Å²) in [6, 6.07) is 2.07. The quantitative estimate of drug-likeness (QED) is 0.896. The molecule has 3 rings (SSSR count). The van der Waals surface area contributed by atoms with Crippen LogP contribution in [0.15, 0.2) is 11.0 Å². The minimum absolute atomic E-state index is 0.0286. The molecule has 0 radical (unpaired) electrons. The third-order valence-corrected chi connectivity index (χ3v) is 7.54. The Morgan fingerprint density at radius 3 is 2.70 bits per heavy atom. The smallest absolute Gasteiger partial charge is 0.241 e. The fourth-order valence-corrected chi connectivity index (χ4v) is 6.34. The molecule has 2 fully saturated rings. The lowest BCUT2D eigenvalue weighted by molar-refractivity contribution is -0.0683. The van der Waals surface area contributed by atoms with Gasteiger partial charge >= 0.3 is 0 Å². The van der Waals surface area contributed by atoms with Crippen molar-refractivity contribution < 1.29 is 13.2 Å². The molecule has 5 nitrogen and oxygen atoms in total. The van der Waals surface area contributed by atoms with Crippen molar-refractivity contribution >= 4 is 21.4 Å². The fourth-order valence-electron chi connectivity index (χ4n) is 3.55. The Kier molecular flexibility index (Phi) is 4.86. The molecular weight excluding hydrogens is 332 g/mol. The number of nitrogens with zero attached hydrogens (tertiary/aromatic N) is 1. The lowest BCUT2D eigenvalue weighted by Crippen LogP contribution is -2.48. The summed E-state index contributed by atoms with van der Waals surface area (Å²) in [4.78, 5) is 4.70. The second-order valence-electron chi connectivity index (χ2n) is 7.05. The van der Waals surface area contributed by atoms with Crippen molar-refractivity contribution in [2.45, 2.75) is 57.2 Å². The van der Waals surface area contributed by atoms with Gasteiger partial charge in [0.2, 0.25) is 10.0 Å². The zero-order valence-electron chi connectivity index (χ0n) is 14.2. The zero-order valence-corrected chi connectivity index (χ0v) is 15.8. The minimum Gasteiger partial charge on any atom is -0.375 e. The van der Waals surface area contributed by atoms with E-state index in [2.05, 4.69) is 23.5 Å². The molecule has 3 heterocycles. The Morgan fingerprint density at radius 2 is 2.09 bits per heavy atom. The van der Waals surface area contributed by atoms with E-state index in [0.29, 0.717) is 23.5 Å². The second kappa shape index (κ2) is 6.44. The van der Waals surface area contributed by atoms with Crippen molar-refractivity contribution in [3.05, 3.63) is 15.8 Å². The van der Waals surface area contributed by atoms with Crippen LogP contribution in [0.2, 0.25) is 0 Å². The van der Waals surface area contributed by atoms with Crippen molar-refractivity contribution in [3.8, 4) is 0 Å². The van der Waals surface area contributed by atoms with Gasteiger partial charge in [-0.1, -0.05) is 13.8 Å². The molecule has 0 saturated carbocycles. The summed E-state index contributed by atoms with van der Waals surface area (Å²) < 4.78 is 34.1. The third kappa shape index (κ3) is 3.64. The van der Waals surface area contributed by atoms with E-state index in [-0.39, 0.29) is 12.1 Å². The number of sulfonamides is 1. The first kappa shape index (κ1) is 17.4. The number of nitrogens with one attached hydrogen (secondary N) is 1. The molecule has 2 saturated heterocycles. The van der Waals surface area contributed by atoms with Crippen LogP contribution >= 0.6 is 11.3 Å². The molecule has 0 aliphatic carbocycles. The first-order valence-electron chi connectivity index (χ1n) is 8.21. The van der Waals surface area contributed by atoms with Gasteiger partial charge in [-0.3, -0.25) is 4.90 Å². The van der Waals surface area contributed by atoms with Gasteiger partial charge in [-0.25, -0.2) is 13.1 Å². The minimum atomic E-state index is -3.43. The number of morpholine rings is 1. The molecule has 23 heavy (non-hydrogen) atoms. The van der Waals surface area contributed by atoms with Crippen LogP contribution in [0.4, 0.5) is 0 Å². The van der Waals surface area contributed by atoms with Gasteiger partial charge in [-0.15, -0.1) is 11.3 Å². The van der Waals surface area contributed by atoms with Crippen LogP contribution in [0, 0.1) is 19.8 Å². The van der Waals surface area contributed by atoms with Crippen LogP contribution in [0.1, 0.15) is 30.0 Å². The fraction of sp³-hybridized carbons (Fsp3) is 0.750. The molecule has 3 atom stereocenters. The molecule has 0 aromatic carbocycles. The number of hydrogen-bond acceptors (Lipinski definition) is 5. The molecule has 0 amide bonds. The number of aryl methyl sites for hydroxylation is 2. The van der Waals surface area contributed by atoms with Gasteiger partial charge in [-0.2, -0.15) is 0 Å². The van der Waals surface area contributed by atoms with Crippen LogP contribution in [0.3, 0.4) is 0 Å². The third-order valence-electron chi connectivity index (χ3n) is 4.80. The predicted octanol–water partition coefficient (Wildman–Crippen LogP) is 2.14. The maximum absolute atomic E-state index is 12.6. The Bertz CT molecular complexity index is 669. The first-order valence-corrected chi connectivity index (χ1v) is 10.5. The van der Waals surface area contributed by atoms with E-state index in [1.807, 2.05) is 13.8 Å². The summed E-state index contributed by atoms with van der Waals surface area (Å²) in [5.41, 5.74) is 0. The normalized spacial score (nSPS) is 29.2. The van der Waals surface area contributed by atoms with Crippen LogP contribution in [-0.2, 0) is 14.8 Å². The van der Waals surface area contributed by atoms with Gasteiger partial charge in [-0.05, 0) is 32.3 Å². The molecule has 1 aromatic rings. The predicted molar refractivity (Wildman–Crippen MR) is 92.5 cm³/mol. The maximum atomic E-state index is 12.6. The number of thiophene rings is 1. The average Bonchev–Trinajstić information content (AvgIpc) is 2.99. The van der Waals surface area contributed by atoms with Crippen LogP contribution in [0.5, 0.6) is 0 Å². The highest BCUT2D eigenvalue weighted by Gasteiger charge is 2.39. The van der Waals surface area contributed by atoms with Crippen molar-refractivity contribution in [2.24, 2.45) is 5.92 Å². The highest BCUT2D eigenvalue weighted by Crippen LogP contribution is 2.29. The second-order valence-corrected chi connectivity index (χ2v) is 10.2. The standard InChI is InChI=1S/C16H26N2O3S2/c1-10(2)15-8-18-7-13(6-14(18)9-21-15)17-23(19,20)16-5-11(3)22-12(16)4/h5,10,13-15,17H,6-9H2,1-4H3/t13-,14-,15-/m0/s1. The average molecular weight is 359 g/mol. The highest BCUT2D eigenvalue weighted by molar-refractivity contribution is 7.89. The highest BCUT2D eigenvalue weighted by atomic mass is 32.2. The summed E-state index contributed by atoms with van der Waals surface area (Å²) in [7, 11) is -3.43. The Labute approximate surface area is 143 Å². The van der Waals surface area contributed by atoms with Crippen molar-refractivity contribution in [1.29, 1.82) is 0 Å². The van der Waals surface area contributed by atoms with E-state index in [1.165, 1.54) is 11.3 Å². The van der Waals surface area contributed by atoms with E-state index in [4.69, 9.17) is 4.74 Å². The van der Waals surface area contributed by atoms with Gasteiger partial charge in [0.1, 0.15) is 0 Å². The molecule has 1 aromatic heterocycles. The molecule has 0 spiro atoms. The summed E-state index contributed by atoms with van der Waals surface area (Å²) in [5.74, 6) is 0.489. The lowest BCUT2D eigenvalue weighted by atomic mass is 10.0. The zero-order chi connectivity index (χ0) is 16.8. The topological polar surface area (TPSA) is 58.6 Å². The molecule has 1 N–H and O–H groups in total. The maximum Gasteiger partial charge on any atom is 0.241 e. The summed E-state index contributed by atoms with van der Waals surface area (Å²) in [6.45, 7) is 10.5. The molecule has 0 bridgehead atoms. The number of rotatable bonds is 4. The van der Waals surface area contributed by atoms with Gasteiger partial charge in [0.25, 0.3) is 0 Å². The van der Waals surface area contributed by atoms with E-state index in [1.54, 1.807) is 6.07 Å². The Balaban J connectivity index is 1.67. The van der Waals surface area contributed by atoms with E-state index in [0.717, 1.165) is 29.3 Å². The Hall–Kier alpha value is -0.470. The van der Waals surface area contributed by atoms with Crippen LogP contribution in [-0.4, -0.2) is 51.2 Å². The van der Waals surface area contributed by atoms with Crippen molar-refractivity contribution in [1.82, 2.24) is 9.62 Å². The summed E-state index contributed by atoms with van der Waals surface area (Å²) in [5, 5.41) is 0. The lowest BCUT2D eigenvalue weighted by Gasteiger charge is -2.36. The van der Waals surface area contributed by atoms with E-state index >= 15 is 0 Å². The number of hydrogen-bond donors (Lipinski definition) is 1. The van der Waals surface area contributed by atoms with Gasteiger partial charge in [0.05, 0.1) is 17.6 Å². The number of fused-ring (bicyclic) bond motifs is 1. The van der Waals surface area contributed by atoms with Gasteiger partial charge < -0.3 is 4.74 Å². The monoisotopic (exact) mass is 358 g/mol. The molecule has 0 unspecified atom stereocenters. The van der Waals surface area contributed by atoms with Crippen molar-refractivity contribution in [2.75, 3.05) is 19.7 Å². The van der Waals surface area contributed by atoms with E-state index in [9.17, 15) is 8.42 Å². The largest absolute Gasteiger partial charge is 0.375 e. The Morgan fingerprint density at radius 1 is 1.35 bits per heavy atom. The molecule has 2 aliphatic rings. The SMILES string of the molecule is Cc1cc(S(=O)(=O)N[C@H]2C[C@H]3CO[C@H](C(C)C)CN3C2)c(C)s1. The van der Waals surface area contributed by atoms with Crippen LogP contribution in [0.25, 0.3) is 0 Å².